The van der Waals surface area contributed by atoms with Gasteiger partial charge in [0, 0.05) is 30.1 Å². The standard InChI is InChI=1S/C29H34N6O4/c1-3-25(28-31-32-33-35(28)22-7-5-4-6-8-22)34(16-19-9-11-23(37-2)12-10-19)17-21-13-20-14-26-27(39-18-38-26)15-24(20)30-29(21)36/h9-15,22,25H,3-8,16-18H2,1-2H3,(H,30,36). The Hall–Kier alpha value is -3.92. The lowest BCUT2D eigenvalue weighted by Crippen LogP contribution is -2.33. The van der Waals surface area contributed by atoms with Crippen molar-refractivity contribution in [1.82, 2.24) is 30.1 Å². The lowest BCUT2D eigenvalue weighted by Gasteiger charge is -2.32. The summed E-state index contributed by atoms with van der Waals surface area (Å²) >= 11 is 0. The van der Waals surface area contributed by atoms with Crippen LogP contribution in [-0.4, -0.2) is 44.0 Å². The third kappa shape index (κ3) is 5.21. The smallest absolute Gasteiger partial charge is 0.252 e. The van der Waals surface area contributed by atoms with Crippen LogP contribution in [0.1, 0.15) is 74.5 Å². The molecule has 1 atom stereocenters. The van der Waals surface area contributed by atoms with Crippen LogP contribution in [0.15, 0.2) is 47.3 Å². The number of nitrogens with zero attached hydrogens (tertiary/aromatic N) is 5. The topological polar surface area (TPSA) is 107 Å². The van der Waals surface area contributed by atoms with Crippen LogP contribution in [0.2, 0.25) is 0 Å². The number of ether oxygens (including phenoxy) is 3. The van der Waals surface area contributed by atoms with Crippen LogP contribution in [0.3, 0.4) is 0 Å². The predicted molar refractivity (Wildman–Crippen MR) is 146 cm³/mol. The lowest BCUT2D eigenvalue weighted by molar-refractivity contribution is 0.155. The highest BCUT2D eigenvalue weighted by Crippen LogP contribution is 2.36. The molecule has 10 heteroatoms. The fourth-order valence-electron chi connectivity index (χ4n) is 5.83. The van der Waals surface area contributed by atoms with E-state index in [1.807, 2.05) is 35.0 Å². The fourth-order valence-corrected chi connectivity index (χ4v) is 5.83. The zero-order chi connectivity index (χ0) is 26.8. The van der Waals surface area contributed by atoms with Gasteiger partial charge in [-0.1, -0.05) is 38.3 Å². The molecule has 10 nitrogen and oxygen atoms in total. The first kappa shape index (κ1) is 25.4. The minimum atomic E-state index is -0.122. The molecule has 204 valence electrons. The second-order valence-electron chi connectivity index (χ2n) is 10.4. The molecule has 1 N–H and O–H groups in total. The quantitative estimate of drug-likeness (QED) is 0.325. The minimum Gasteiger partial charge on any atom is -0.497 e. The summed E-state index contributed by atoms with van der Waals surface area (Å²) in [7, 11) is 1.66. The van der Waals surface area contributed by atoms with Crippen LogP contribution in [0, 0.1) is 0 Å². The van der Waals surface area contributed by atoms with Crippen molar-refractivity contribution in [2.75, 3.05) is 13.9 Å². The van der Waals surface area contributed by atoms with Crippen LogP contribution in [0.5, 0.6) is 17.2 Å². The molecular formula is C29H34N6O4. The second kappa shape index (κ2) is 11.1. The summed E-state index contributed by atoms with van der Waals surface area (Å²) in [5.74, 6) is 3.00. The highest BCUT2D eigenvalue weighted by atomic mass is 16.7. The third-order valence-electron chi connectivity index (χ3n) is 7.90. The number of aromatic nitrogens is 5. The van der Waals surface area contributed by atoms with Gasteiger partial charge in [0.05, 0.1) is 24.7 Å². The summed E-state index contributed by atoms with van der Waals surface area (Å²) in [4.78, 5) is 18.6. The summed E-state index contributed by atoms with van der Waals surface area (Å²) in [6.07, 6.45) is 6.64. The van der Waals surface area contributed by atoms with E-state index in [2.05, 4.69) is 44.5 Å². The van der Waals surface area contributed by atoms with E-state index in [1.165, 1.54) is 19.3 Å². The number of fused-ring (bicyclic) bond motifs is 2. The van der Waals surface area contributed by atoms with Gasteiger partial charge >= 0.3 is 0 Å². The van der Waals surface area contributed by atoms with E-state index in [0.717, 1.165) is 47.3 Å². The zero-order valence-electron chi connectivity index (χ0n) is 22.4. The molecule has 0 bridgehead atoms. The molecule has 1 saturated carbocycles. The lowest BCUT2D eigenvalue weighted by atomic mass is 9.95. The number of H-pyrrole nitrogens is 1. The van der Waals surface area contributed by atoms with Crippen molar-refractivity contribution < 1.29 is 14.2 Å². The van der Waals surface area contributed by atoms with Gasteiger partial charge in [-0.15, -0.1) is 5.10 Å². The van der Waals surface area contributed by atoms with Gasteiger partial charge in [0.15, 0.2) is 17.3 Å². The van der Waals surface area contributed by atoms with Crippen molar-refractivity contribution in [2.45, 2.75) is 70.6 Å². The van der Waals surface area contributed by atoms with E-state index < -0.39 is 0 Å². The molecule has 4 aromatic rings. The molecule has 1 fully saturated rings. The zero-order valence-corrected chi connectivity index (χ0v) is 22.4. The van der Waals surface area contributed by atoms with Crippen molar-refractivity contribution >= 4 is 10.9 Å². The van der Waals surface area contributed by atoms with Gasteiger partial charge in [0.2, 0.25) is 6.79 Å². The summed E-state index contributed by atoms with van der Waals surface area (Å²) in [5, 5.41) is 14.0. The van der Waals surface area contributed by atoms with Gasteiger partial charge in [-0.05, 0) is 59.5 Å². The summed E-state index contributed by atoms with van der Waals surface area (Å²) < 4.78 is 18.5. The highest BCUT2D eigenvalue weighted by Gasteiger charge is 2.29. The van der Waals surface area contributed by atoms with Crippen LogP contribution < -0.4 is 19.8 Å². The van der Waals surface area contributed by atoms with Crippen LogP contribution in [0.25, 0.3) is 10.9 Å². The Bertz CT molecular complexity index is 1490. The number of methoxy groups -OCH3 is 1. The van der Waals surface area contributed by atoms with E-state index in [9.17, 15) is 4.79 Å². The number of benzene rings is 2. The Balaban J connectivity index is 1.37. The van der Waals surface area contributed by atoms with Gasteiger partial charge in [0.25, 0.3) is 5.56 Å². The fraction of sp³-hybridized carbons (Fsp3) is 0.448. The van der Waals surface area contributed by atoms with Crippen molar-refractivity contribution in [3.8, 4) is 17.2 Å². The molecule has 6 rings (SSSR count). The number of nitrogens with one attached hydrogen (secondary N) is 1. The number of pyridine rings is 1. The van der Waals surface area contributed by atoms with Gasteiger partial charge in [-0.25, -0.2) is 4.68 Å². The van der Waals surface area contributed by atoms with Crippen molar-refractivity contribution in [2.24, 2.45) is 0 Å². The van der Waals surface area contributed by atoms with E-state index in [0.29, 0.717) is 36.2 Å². The monoisotopic (exact) mass is 530 g/mol. The SMILES string of the molecule is CCC(c1nnnn1C1CCCCC1)N(Cc1ccc(OC)cc1)Cc1cc2cc3c(cc2[nH]c1=O)OCO3. The molecule has 0 saturated heterocycles. The largest absolute Gasteiger partial charge is 0.497 e. The number of hydrogen-bond donors (Lipinski definition) is 1. The summed E-state index contributed by atoms with van der Waals surface area (Å²) in [6, 6.07) is 14.0. The summed E-state index contributed by atoms with van der Waals surface area (Å²) in [5.41, 5.74) is 2.39. The third-order valence-corrected chi connectivity index (χ3v) is 7.90. The highest BCUT2D eigenvalue weighted by molar-refractivity contribution is 5.83. The Morgan fingerprint density at radius 3 is 2.59 bits per heavy atom. The molecule has 39 heavy (non-hydrogen) atoms. The number of rotatable bonds is 9. The molecule has 0 radical (unpaired) electrons. The van der Waals surface area contributed by atoms with Gasteiger partial charge < -0.3 is 19.2 Å². The molecule has 0 amide bonds. The van der Waals surface area contributed by atoms with E-state index in [-0.39, 0.29) is 18.4 Å². The van der Waals surface area contributed by atoms with Gasteiger partial charge in [-0.2, -0.15) is 0 Å². The minimum absolute atomic E-state index is 0.0733. The average molecular weight is 531 g/mol. The van der Waals surface area contributed by atoms with Crippen molar-refractivity contribution in [1.29, 1.82) is 0 Å². The Morgan fingerprint density at radius 2 is 1.85 bits per heavy atom. The first-order valence-electron chi connectivity index (χ1n) is 13.7. The molecule has 1 aliphatic heterocycles. The van der Waals surface area contributed by atoms with E-state index in [1.54, 1.807) is 7.11 Å². The maximum atomic E-state index is 13.3. The van der Waals surface area contributed by atoms with Crippen LogP contribution in [-0.2, 0) is 13.1 Å². The summed E-state index contributed by atoms with van der Waals surface area (Å²) in [6.45, 7) is 3.39. The predicted octanol–water partition coefficient (Wildman–Crippen LogP) is 4.91. The molecule has 1 unspecified atom stereocenters. The molecular weight excluding hydrogens is 496 g/mol. The Kier molecular flexibility index (Phi) is 7.19. The van der Waals surface area contributed by atoms with Gasteiger partial charge in [0.1, 0.15) is 5.75 Å². The number of aromatic amines is 1. The molecule has 0 spiro atoms. The molecule has 3 heterocycles. The number of tetrazole rings is 1. The van der Waals surface area contributed by atoms with E-state index in [4.69, 9.17) is 14.2 Å². The first-order valence-corrected chi connectivity index (χ1v) is 13.7. The maximum Gasteiger partial charge on any atom is 0.252 e. The molecule has 2 aromatic carbocycles. The van der Waals surface area contributed by atoms with Crippen LogP contribution >= 0.6 is 0 Å². The molecule has 2 aromatic heterocycles. The maximum absolute atomic E-state index is 13.3. The van der Waals surface area contributed by atoms with Crippen LogP contribution in [0.4, 0.5) is 0 Å². The van der Waals surface area contributed by atoms with E-state index >= 15 is 0 Å². The van der Waals surface area contributed by atoms with Crippen molar-refractivity contribution in [3.05, 3.63) is 69.8 Å². The average Bonchev–Trinajstić information content (AvgIpc) is 3.63. The Labute approximate surface area is 226 Å². The Morgan fingerprint density at radius 1 is 1.08 bits per heavy atom. The first-order chi connectivity index (χ1) is 19.1. The normalized spacial score (nSPS) is 16.2. The van der Waals surface area contributed by atoms with Gasteiger partial charge in [-0.3, -0.25) is 9.69 Å². The van der Waals surface area contributed by atoms with Crippen molar-refractivity contribution in [3.63, 3.8) is 0 Å². The number of hydrogen-bond acceptors (Lipinski definition) is 8. The molecule has 1 aliphatic carbocycles. The molecule has 2 aliphatic rings. The second-order valence-corrected chi connectivity index (χ2v) is 10.4.